The Morgan fingerprint density at radius 2 is 2.07 bits per heavy atom. The van der Waals surface area contributed by atoms with Crippen LogP contribution in [0.25, 0.3) is 0 Å². The Kier molecular flexibility index (Phi) is 10.0. The van der Waals surface area contributed by atoms with E-state index < -0.39 is 0 Å². The molecule has 0 aliphatic carbocycles. The van der Waals surface area contributed by atoms with E-state index in [1.165, 1.54) is 12.2 Å². The summed E-state index contributed by atoms with van der Waals surface area (Å²) < 4.78 is 5.03. The molecule has 3 heteroatoms. The van der Waals surface area contributed by atoms with Crippen molar-refractivity contribution in [2.75, 3.05) is 31.8 Å². The van der Waals surface area contributed by atoms with Gasteiger partial charge in [-0.15, -0.1) is 0 Å². The second-order valence-corrected chi connectivity index (χ2v) is 4.77. The lowest BCUT2D eigenvalue weighted by Gasteiger charge is -2.23. The average molecular weight is 219 g/mol. The molecule has 0 heterocycles. The summed E-state index contributed by atoms with van der Waals surface area (Å²) in [6.45, 7) is 8.69. The number of rotatable bonds is 9. The molecule has 0 aromatic heterocycles. The molecule has 0 radical (unpaired) electrons. The van der Waals surface area contributed by atoms with Gasteiger partial charge in [0.1, 0.15) is 0 Å². The SMILES string of the molecule is CCNC(CSCCOC)C(C)CC. The Morgan fingerprint density at radius 1 is 1.36 bits per heavy atom. The maximum absolute atomic E-state index is 5.03. The molecule has 86 valence electrons. The van der Waals surface area contributed by atoms with Gasteiger partial charge in [0.2, 0.25) is 0 Å². The van der Waals surface area contributed by atoms with Crippen molar-refractivity contribution in [2.45, 2.75) is 33.2 Å². The van der Waals surface area contributed by atoms with Gasteiger partial charge in [0.25, 0.3) is 0 Å². The minimum Gasteiger partial charge on any atom is -0.384 e. The summed E-state index contributed by atoms with van der Waals surface area (Å²) in [5.74, 6) is 3.08. The van der Waals surface area contributed by atoms with Crippen molar-refractivity contribution in [2.24, 2.45) is 5.92 Å². The average Bonchev–Trinajstić information content (AvgIpc) is 2.21. The van der Waals surface area contributed by atoms with Gasteiger partial charge in [0, 0.05) is 24.7 Å². The second kappa shape index (κ2) is 9.81. The molecule has 0 aliphatic heterocycles. The third-order valence-electron chi connectivity index (χ3n) is 2.53. The minimum absolute atomic E-state index is 0.659. The van der Waals surface area contributed by atoms with E-state index in [1.807, 2.05) is 11.8 Å². The first kappa shape index (κ1) is 14.3. The largest absolute Gasteiger partial charge is 0.384 e. The molecule has 0 rings (SSSR count). The molecule has 0 saturated heterocycles. The first-order chi connectivity index (χ1) is 6.76. The summed E-state index contributed by atoms with van der Waals surface area (Å²) in [5.41, 5.74) is 0. The number of nitrogens with one attached hydrogen (secondary N) is 1. The van der Waals surface area contributed by atoms with E-state index in [2.05, 4.69) is 26.1 Å². The van der Waals surface area contributed by atoms with Crippen LogP contribution in [0.5, 0.6) is 0 Å². The molecule has 0 bridgehead atoms. The third kappa shape index (κ3) is 6.68. The number of ether oxygens (including phenoxy) is 1. The summed E-state index contributed by atoms with van der Waals surface area (Å²) in [7, 11) is 1.76. The molecule has 0 saturated carbocycles. The fourth-order valence-corrected chi connectivity index (χ4v) is 2.48. The van der Waals surface area contributed by atoms with Gasteiger partial charge < -0.3 is 10.1 Å². The number of hydrogen-bond donors (Lipinski definition) is 1. The van der Waals surface area contributed by atoms with Gasteiger partial charge in [-0.1, -0.05) is 27.2 Å². The third-order valence-corrected chi connectivity index (χ3v) is 3.58. The van der Waals surface area contributed by atoms with E-state index in [0.717, 1.165) is 24.8 Å². The van der Waals surface area contributed by atoms with Crippen molar-refractivity contribution in [3.63, 3.8) is 0 Å². The molecule has 0 aliphatic rings. The zero-order valence-electron chi connectivity index (χ0n) is 10.0. The first-order valence-electron chi connectivity index (χ1n) is 5.56. The molecule has 0 amide bonds. The molecular weight excluding hydrogens is 194 g/mol. The molecule has 14 heavy (non-hydrogen) atoms. The lowest BCUT2D eigenvalue weighted by molar-refractivity contribution is 0.218. The summed E-state index contributed by atoms with van der Waals surface area (Å²) >= 11 is 1.98. The van der Waals surface area contributed by atoms with Crippen LogP contribution >= 0.6 is 11.8 Å². The molecule has 2 nitrogen and oxygen atoms in total. The molecule has 2 atom stereocenters. The molecule has 0 aromatic rings. The Bertz CT molecular complexity index is 122. The minimum atomic E-state index is 0.659. The summed E-state index contributed by atoms with van der Waals surface area (Å²) in [6, 6.07) is 0.659. The Labute approximate surface area is 93.2 Å². The highest BCUT2D eigenvalue weighted by Gasteiger charge is 2.13. The maximum atomic E-state index is 5.03. The van der Waals surface area contributed by atoms with Gasteiger partial charge in [-0.25, -0.2) is 0 Å². The van der Waals surface area contributed by atoms with E-state index >= 15 is 0 Å². The van der Waals surface area contributed by atoms with Gasteiger partial charge in [0.05, 0.1) is 6.61 Å². The lowest BCUT2D eigenvalue weighted by Crippen LogP contribution is -2.37. The lowest BCUT2D eigenvalue weighted by atomic mass is 10.0. The van der Waals surface area contributed by atoms with E-state index in [0.29, 0.717) is 6.04 Å². The fraction of sp³-hybridized carbons (Fsp3) is 1.00. The van der Waals surface area contributed by atoms with Crippen molar-refractivity contribution in [1.82, 2.24) is 5.32 Å². The highest BCUT2D eigenvalue weighted by Crippen LogP contribution is 2.13. The van der Waals surface area contributed by atoms with Crippen molar-refractivity contribution >= 4 is 11.8 Å². The second-order valence-electron chi connectivity index (χ2n) is 3.62. The van der Waals surface area contributed by atoms with E-state index in [4.69, 9.17) is 4.74 Å². The molecule has 0 aromatic carbocycles. The highest BCUT2D eigenvalue weighted by atomic mass is 32.2. The first-order valence-corrected chi connectivity index (χ1v) is 6.71. The van der Waals surface area contributed by atoms with Gasteiger partial charge in [-0.05, 0) is 12.5 Å². The van der Waals surface area contributed by atoms with Gasteiger partial charge in [-0.3, -0.25) is 0 Å². The zero-order valence-corrected chi connectivity index (χ0v) is 10.8. The van der Waals surface area contributed by atoms with Crippen LogP contribution in [0.15, 0.2) is 0 Å². The van der Waals surface area contributed by atoms with Crippen molar-refractivity contribution in [3.8, 4) is 0 Å². The van der Waals surface area contributed by atoms with Gasteiger partial charge >= 0.3 is 0 Å². The van der Waals surface area contributed by atoms with E-state index in [1.54, 1.807) is 7.11 Å². The highest BCUT2D eigenvalue weighted by molar-refractivity contribution is 7.99. The Balaban J connectivity index is 3.61. The quantitative estimate of drug-likeness (QED) is 0.602. The number of thioether (sulfide) groups is 1. The van der Waals surface area contributed by atoms with Crippen LogP contribution in [-0.4, -0.2) is 37.8 Å². The van der Waals surface area contributed by atoms with E-state index in [-0.39, 0.29) is 0 Å². The Hall–Kier alpha value is 0.270. The topological polar surface area (TPSA) is 21.3 Å². The summed E-state index contributed by atoms with van der Waals surface area (Å²) in [5, 5.41) is 3.55. The smallest absolute Gasteiger partial charge is 0.0552 e. The molecule has 1 N–H and O–H groups in total. The van der Waals surface area contributed by atoms with E-state index in [9.17, 15) is 0 Å². The van der Waals surface area contributed by atoms with Crippen molar-refractivity contribution < 1.29 is 4.74 Å². The maximum Gasteiger partial charge on any atom is 0.0552 e. The van der Waals surface area contributed by atoms with Crippen LogP contribution in [0.2, 0.25) is 0 Å². The summed E-state index contributed by atoms with van der Waals surface area (Å²) in [6.07, 6.45) is 1.25. The number of hydrogen-bond acceptors (Lipinski definition) is 3. The monoisotopic (exact) mass is 219 g/mol. The predicted molar refractivity (Wildman–Crippen MR) is 66.1 cm³/mol. The zero-order chi connectivity index (χ0) is 10.8. The van der Waals surface area contributed by atoms with Crippen LogP contribution in [0.1, 0.15) is 27.2 Å². The van der Waals surface area contributed by atoms with Crippen molar-refractivity contribution in [3.05, 3.63) is 0 Å². The van der Waals surface area contributed by atoms with Crippen LogP contribution < -0.4 is 5.32 Å². The molecule has 0 fully saturated rings. The van der Waals surface area contributed by atoms with Gasteiger partial charge in [-0.2, -0.15) is 11.8 Å². The molecular formula is C11H25NOS. The predicted octanol–water partition coefficient (Wildman–Crippen LogP) is 2.39. The normalized spacial score (nSPS) is 15.4. The summed E-state index contributed by atoms with van der Waals surface area (Å²) in [4.78, 5) is 0. The fourth-order valence-electron chi connectivity index (χ4n) is 1.32. The van der Waals surface area contributed by atoms with Crippen LogP contribution in [0.4, 0.5) is 0 Å². The van der Waals surface area contributed by atoms with Crippen LogP contribution in [0.3, 0.4) is 0 Å². The molecule has 2 unspecified atom stereocenters. The number of methoxy groups -OCH3 is 1. The van der Waals surface area contributed by atoms with Crippen LogP contribution in [-0.2, 0) is 4.74 Å². The van der Waals surface area contributed by atoms with Gasteiger partial charge in [0.15, 0.2) is 0 Å². The van der Waals surface area contributed by atoms with Crippen LogP contribution in [0, 0.1) is 5.92 Å². The van der Waals surface area contributed by atoms with Crippen molar-refractivity contribution in [1.29, 1.82) is 0 Å². The standard InChI is InChI=1S/C11H25NOS/c1-5-10(3)11(12-6-2)9-14-8-7-13-4/h10-12H,5-9H2,1-4H3. The molecule has 0 spiro atoms. The Morgan fingerprint density at radius 3 is 2.57 bits per heavy atom.